The third-order valence-corrected chi connectivity index (χ3v) is 9.74. The average molecular weight is 863 g/mol. The topological polar surface area (TPSA) is 169 Å². The number of hydrogen-bond donors (Lipinski definition) is 4. The summed E-state index contributed by atoms with van der Waals surface area (Å²) in [5.41, 5.74) is 0. The Bertz CT molecular complexity index is 1330. The van der Waals surface area contributed by atoms with Crippen molar-refractivity contribution in [1.29, 1.82) is 0 Å². The monoisotopic (exact) mass is 863 g/mol. The van der Waals surface area contributed by atoms with E-state index in [0.29, 0.717) is 32.1 Å². The number of carbonyl (C=O) groups excluding carboxylic acids is 2. The molecule has 11 nitrogen and oxygen atoms in total. The summed E-state index contributed by atoms with van der Waals surface area (Å²) in [7, 11) is -4.66. The maximum absolute atomic E-state index is 12.6. The summed E-state index contributed by atoms with van der Waals surface area (Å²) in [6.45, 7) is 2.11. The van der Waals surface area contributed by atoms with Crippen LogP contribution in [0.5, 0.6) is 0 Å². The van der Waals surface area contributed by atoms with E-state index in [4.69, 9.17) is 19.1 Å². The molecule has 0 radical (unpaired) electrons. The molecule has 0 aliphatic carbocycles. The number of phosphoric acid groups is 1. The summed E-state index contributed by atoms with van der Waals surface area (Å²) in [5, 5.41) is 28.4. The Hall–Kier alpha value is -3.15. The predicted molar refractivity (Wildman–Crippen MR) is 243 cm³/mol. The van der Waals surface area contributed by atoms with Gasteiger partial charge in [0.15, 0.2) is 6.10 Å². The number of aliphatic hydroxyl groups excluding tert-OH is 3. The van der Waals surface area contributed by atoms with Crippen LogP contribution in [0.3, 0.4) is 0 Å². The van der Waals surface area contributed by atoms with Gasteiger partial charge in [0.1, 0.15) is 12.7 Å². The van der Waals surface area contributed by atoms with Gasteiger partial charge in [-0.2, -0.15) is 0 Å². The summed E-state index contributed by atoms with van der Waals surface area (Å²) < 4.78 is 32.6. The van der Waals surface area contributed by atoms with E-state index in [1.165, 1.54) is 44.9 Å². The number of rotatable bonds is 40. The van der Waals surface area contributed by atoms with Crippen LogP contribution in [0.25, 0.3) is 0 Å². The van der Waals surface area contributed by atoms with E-state index in [2.05, 4.69) is 73.1 Å². The van der Waals surface area contributed by atoms with Crippen molar-refractivity contribution < 1.29 is 52.9 Å². The van der Waals surface area contributed by atoms with Gasteiger partial charge in [0.25, 0.3) is 0 Å². The van der Waals surface area contributed by atoms with Crippen molar-refractivity contribution in [3.05, 3.63) is 97.2 Å². The molecular weight excluding hydrogens is 783 g/mol. The highest BCUT2D eigenvalue weighted by Crippen LogP contribution is 2.43. The van der Waals surface area contributed by atoms with Gasteiger partial charge in [0, 0.05) is 12.8 Å². The van der Waals surface area contributed by atoms with Crippen molar-refractivity contribution in [3.63, 3.8) is 0 Å². The lowest BCUT2D eigenvalue weighted by Gasteiger charge is -2.20. The summed E-state index contributed by atoms with van der Waals surface area (Å²) in [6, 6.07) is 0. The Morgan fingerprint density at radius 2 is 1.07 bits per heavy atom. The van der Waals surface area contributed by atoms with Gasteiger partial charge in [-0.3, -0.25) is 18.6 Å². The molecule has 0 saturated carbocycles. The Morgan fingerprint density at radius 1 is 0.567 bits per heavy atom. The smallest absolute Gasteiger partial charge is 0.462 e. The van der Waals surface area contributed by atoms with Gasteiger partial charge in [-0.1, -0.05) is 143 Å². The molecule has 0 bridgehead atoms. The summed E-state index contributed by atoms with van der Waals surface area (Å²) in [5.74, 6) is -1.08. The first-order chi connectivity index (χ1) is 29.1. The van der Waals surface area contributed by atoms with Gasteiger partial charge >= 0.3 is 19.8 Å². The van der Waals surface area contributed by atoms with E-state index in [-0.39, 0.29) is 19.4 Å². The second-order valence-corrected chi connectivity index (χ2v) is 16.0. The van der Waals surface area contributed by atoms with Gasteiger partial charge in [-0.25, -0.2) is 4.57 Å². The Kier molecular flexibility index (Phi) is 40.3. The SMILES string of the molecule is CCCCC/C=C\C/C=C\C/C=C\C/C=C\CCCCCC(=O)OC[C@H](COP(=O)(O)OC[C@@H](O)CO)OC(=O)CCC/C=C\C/C=C\C=C\[C@@H](O)C/C=C\CCCCC. The first-order valence-electron chi connectivity index (χ1n) is 22.3. The lowest BCUT2D eigenvalue weighted by molar-refractivity contribution is -0.161. The van der Waals surface area contributed by atoms with E-state index in [0.717, 1.165) is 44.9 Å². The minimum atomic E-state index is -4.66. The number of ether oxygens (including phenoxy) is 2. The first kappa shape index (κ1) is 56.9. The predicted octanol–water partition coefficient (Wildman–Crippen LogP) is 11.0. The fourth-order valence-corrected chi connectivity index (χ4v) is 6.08. The quantitative estimate of drug-likeness (QED) is 0.0152. The Balaban J connectivity index is 4.52. The second kappa shape index (κ2) is 42.5. The molecule has 4 N–H and O–H groups in total. The molecule has 0 aromatic rings. The van der Waals surface area contributed by atoms with Crippen molar-refractivity contribution in [2.45, 2.75) is 167 Å². The molecule has 4 atom stereocenters. The van der Waals surface area contributed by atoms with E-state index in [1.54, 1.807) is 6.08 Å². The van der Waals surface area contributed by atoms with Crippen LogP contribution in [-0.2, 0) is 32.7 Å². The van der Waals surface area contributed by atoms with Gasteiger partial charge < -0.3 is 29.7 Å². The maximum atomic E-state index is 12.6. The van der Waals surface area contributed by atoms with Gasteiger partial charge in [-0.15, -0.1) is 0 Å². The maximum Gasteiger partial charge on any atom is 0.472 e. The fourth-order valence-electron chi connectivity index (χ4n) is 5.29. The number of hydrogen-bond acceptors (Lipinski definition) is 10. The van der Waals surface area contributed by atoms with Crippen LogP contribution >= 0.6 is 7.82 Å². The third-order valence-electron chi connectivity index (χ3n) is 8.79. The molecule has 12 heteroatoms. The molecule has 342 valence electrons. The molecule has 0 rings (SSSR count). The summed E-state index contributed by atoms with van der Waals surface area (Å²) in [4.78, 5) is 35.0. The zero-order chi connectivity index (χ0) is 44.2. The van der Waals surface area contributed by atoms with E-state index in [9.17, 15) is 29.3 Å². The number of unbranched alkanes of at least 4 members (excludes halogenated alkanes) is 10. The molecular formula is C48H79O11P. The molecule has 0 aromatic heterocycles. The number of phosphoric ester groups is 1. The third kappa shape index (κ3) is 41.6. The molecule has 0 aliphatic heterocycles. The molecule has 0 aromatic carbocycles. The second-order valence-electron chi connectivity index (χ2n) is 14.6. The Morgan fingerprint density at radius 3 is 1.65 bits per heavy atom. The zero-order valence-electron chi connectivity index (χ0n) is 36.7. The van der Waals surface area contributed by atoms with Crippen molar-refractivity contribution >= 4 is 19.8 Å². The van der Waals surface area contributed by atoms with Crippen molar-refractivity contribution in [3.8, 4) is 0 Å². The molecule has 1 unspecified atom stereocenters. The molecule has 0 spiro atoms. The highest BCUT2D eigenvalue weighted by Gasteiger charge is 2.27. The summed E-state index contributed by atoms with van der Waals surface area (Å²) in [6.07, 6.45) is 48.3. The average Bonchev–Trinajstić information content (AvgIpc) is 3.23. The fraction of sp³-hybridized carbons (Fsp3) is 0.625. The van der Waals surface area contributed by atoms with Gasteiger partial charge in [-0.05, 0) is 89.9 Å². The molecule has 0 saturated heterocycles. The number of esters is 2. The van der Waals surface area contributed by atoms with Gasteiger partial charge in [0.2, 0.25) is 0 Å². The number of carbonyl (C=O) groups is 2. The number of aliphatic hydroxyl groups is 3. The van der Waals surface area contributed by atoms with E-state index < -0.39 is 57.9 Å². The zero-order valence-corrected chi connectivity index (χ0v) is 37.6. The molecule has 0 amide bonds. The first-order valence-corrected chi connectivity index (χ1v) is 23.8. The van der Waals surface area contributed by atoms with Crippen LogP contribution in [0.15, 0.2) is 97.2 Å². The lowest BCUT2D eigenvalue weighted by atomic mass is 10.1. The van der Waals surface area contributed by atoms with E-state index in [1.807, 2.05) is 36.5 Å². The van der Waals surface area contributed by atoms with Crippen LogP contribution in [0.2, 0.25) is 0 Å². The highest BCUT2D eigenvalue weighted by molar-refractivity contribution is 7.47. The normalized spacial score (nSPS) is 15.2. The van der Waals surface area contributed by atoms with Crippen LogP contribution in [-0.4, -0.2) is 76.9 Å². The molecule has 0 aliphatic rings. The van der Waals surface area contributed by atoms with Crippen molar-refractivity contribution in [2.24, 2.45) is 0 Å². The van der Waals surface area contributed by atoms with Crippen LogP contribution in [0, 0.1) is 0 Å². The molecule has 0 fully saturated rings. The number of allylic oxidation sites excluding steroid dienone is 14. The van der Waals surface area contributed by atoms with Crippen molar-refractivity contribution in [2.75, 3.05) is 26.4 Å². The highest BCUT2D eigenvalue weighted by atomic mass is 31.2. The standard InChI is InChI=1S/C48H79O11P/c1-3-5-7-9-11-12-13-14-15-16-17-18-19-20-21-22-26-30-34-38-47(52)56-42-46(43-58-60(54,55)57-41-45(51)40-49)59-48(53)39-35-31-27-24-23-25-29-33-37-44(50)36-32-28-10-8-6-4-2/h11-12,14-15,17-18,20-21,24-25,27-29,32-33,37,44-46,49-51H,3-10,13,16,19,22-23,26,30-31,34-36,38-43H2,1-2H3,(H,54,55)/b12-11-,15-14-,18-17-,21-20-,27-24-,29-25-,32-28-,37-33+/t44-,45-,46+/m0/s1. The minimum absolute atomic E-state index is 0.0632. The summed E-state index contributed by atoms with van der Waals surface area (Å²) >= 11 is 0. The largest absolute Gasteiger partial charge is 0.472 e. The van der Waals surface area contributed by atoms with Crippen LogP contribution in [0.1, 0.15) is 149 Å². The molecule has 0 heterocycles. The van der Waals surface area contributed by atoms with Gasteiger partial charge in [0.05, 0.1) is 25.9 Å². The van der Waals surface area contributed by atoms with Crippen LogP contribution < -0.4 is 0 Å². The lowest BCUT2D eigenvalue weighted by Crippen LogP contribution is -2.29. The molecule has 60 heavy (non-hydrogen) atoms. The van der Waals surface area contributed by atoms with Crippen LogP contribution in [0.4, 0.5) is 0 Å². The Labute approximate surface area is 362 Å². The minimum Gasteiger partial charge on any atom is -0.462 e. The van der Waals surface area contributed by atoms with E-state index >= 15 is 0 Å². The van der Waals surface area contributed by atoms with Crippen molar-refractivity contribution in [1.82, 2.24) is 0 Å².